The van der Waals surface area contributed by atoms with E-state index in [4.69, 9.17) is 0 Å². The Balaban J connectivity index is 1.70. The molecule has 2 aromatic rings. The third-order valence-corrected chi connectivity index (χ3v) is 4.69. The molecule has 0 bridgehead atoms. The average molecular weight is 358 g/mol. The molecule has 0 aliphatic carbocycles. The molecule has 3 rings (SSSR count). The number of piperidine rings is 1. The lowest BCUT2D eigenvalue weighted by molar-refractivity contribution is -0.000304. The molecule has 1 atom stereocenters. The number of aryl methyl sites for hydroxylation is 1. The van der Waals surface area contributed by atoms with Gasteiger partial charge in [-0.15, -0.1) is 0 Å². The second-order valence-electron chi connectivity index (χ2n) is 6.92. The van der Waals surface area contributed by atoms with Crippen LogP contribution in [0.25, 0.3) is 0 Å². The molecule has 1 aromatic carbocycles. The summed E-state index contributed by atoms with van der Waals surface area (Å²) in [6.45, 7) is 2.91. The Bertz CT molecular complexity index is 786. The molecular formula is C19H23FN4O2. The Morgan fingerprint density at radius 3 is 2.81 bits per heavy atom. The van der Waals surface area contributed by atoms with Crippen molar-refractivity contribution in [3.63, 3.8) is 0 Å². The van der Waals surface area contributed by atoms with Gasteiger partial charge in [-0.1, -0.05) is 6.07 Å². The van der Waals surface area contributed by atoms with E-state index in [1.54, 1.807) is 44.6 Å². The Labute approximate surface area is 152 Å². The molecule has 26 heavy (non-hydrogen) atoms. The number of benzene rings is 1. The van der Waals surface area contributed by atoms with Crippen LogP contribution in [0, 0.1) is 12.7 Å². The molecule has 1 aliphatic rings. The van der Waals surface area contributed by atoms with E-state index in [0.29, 0.717) is 24.5 Å². The van der Waals surface area contributed by atoms with E-state index in [2.05, 4.69) is 9.97 Å². The number of amides is 1. The second kappa shape index (κ2) is 7.37. The van der Waals surface area contributed by atoms with Crippen molar-refractivity contribution in [3.8, 4) is 0 Å². The van der Waals surface area contributed by atoms with Crippen LogP contribution in [0.4, 0.5) is 10.3 Å². The highest BCUT2D eigenvalue weighted by Crippen LogP contribution is 2.25. The number of β-amino-alcohol motifs (C(OH)–C–C–N with tert-alkyl or cyclic N) is 1. The molecule has 1 aromatic heterocycles. The van der Waals surface area contributed by atoms with Gasteiger partial charge in [0.05, 0.1) is 18.7 Å². The third-order valence-electron chi connectivity index (χ3n) is 4.69. The van der Waals surface area contributed by atoms with Crippen LogP contribution in [-0.2, 0) is 0 Å². The predicted octanol–water partition coefficient (Wildman–Crippen LogP) is 2.03. The highest BCUT2D eigenvalue weighted by Gasteiger charge is 2.36. The van der Waals surface area contributed by atoms with E-state index in [1.807, 2.05) is 4.90 Å². The Morgan fingerprint density at radius 2 is 2.12 bits per heavy atom. The van der Waals surface area contributed by atoms with Gasteiger partial charge in [-0.3, -0.25) is 4.79 Å². The van der Waals surface area contributed by atoms with Crippen molar-refractivity contribution in [2.45, 2.75) is 25.4 Å². The summed E-state index contributed by atoms with van der Waals surface area (Å²) in [5.74, 6) is -0.154. The van der Waals surface area contributed by atoms with Crippen molar-refractivity contribution >= 4 is 11.9 Å². The quantitative estimate of drug-likeness (QED) is 0.906. The van der Waals surface area contributed by atoms with Crippen LogP contribution >= 0.6 is 0 Å². The summed E-state index contributed by atoms with van der Waals surface area (Å²) in [6, 6.07) is 6.17. The van der Waals surface area contributed by atoms with Crippen molar-refractivity contribution in [2.24, 2.45) is 0 Å². The van der Waals surface area contributed by atoms with Gasteiger partial charge in [-0.2, -0.15) is 0 Å². The number of nitrogens with zero attached hydrogens (tertiary/aromatic N) is 4. The molecule has 0 saturated carbocycles. The molecular weight excluding hydrogens is 335 g/mol. The summed E-state index contributed by atoms with van der Waals surface area (Å²) in [5.41, 5.74) is -0.294. The topological polar surface area (TPSA) is 69.6 Å². The van der Waals surface area contributed by atoms with Gasteiger partial charge in [0.25, 0.3) is 5.91 Å². The van der Waals surface area contributed by atoms with Crippen LogP contribution in [0.1, 0.15) is 28.8 Å². The fourth-order valence-electron chi connectivity index (χ4n) is 3.33. The molecule has 138 valence electrons. The number of anilines is 1. The van der Waals surface area contributed by atoms with Crippen molar-refractivity contribution in [1.29, 1.82) is 0 Å². The van der Waals surface area contributed by atoms with Gasteiger partial charge in [-0.05, 0) is 43.5 Å². The first kappa shape index (κ1) is 18.3. The van der Waals surface area contributed by atoms with Gasteiger partial charge in [-0.25, -0.2) is 14.4 Å². The van der Waals surface area contributed by atoms with Crippen molar-refractivity contribution in [3.05, 3.63) is 53.6 Å². The van der Waals surface area contributed by atoms with E-state index >= 15 is 0 Å². The van der Waals surface area contributed by atoms with E-state index in [9.17, 15) is 14.3 Å². The molecule has 0 unspecified atom stereocenters. The average Bonchev–Trinajstić information content (AvgIpc) is 2.63. The highest BCUT2D eigenvalue weighted by atomic mass is 19.1. The smallest absolute Gasteiger partial charge is 0.253 e. The van der Waals surface area contributed by atoms with Gasteiger partial charge >= 0.3 is 0 Å². The predicted molar refractivity (Wildman–Crippen MR) is 96.5 cm³/mol. The van der Waals surface area contributed by atoms with Gasteiger partial charge in [0, 0.05) is 31.5 Å². The van der Waals surface area contributed by atoms with Gasteiger partial charge < -0.3 is 14.9 Å². The van der Waals surface area contributed by atoms with Gasteiger partial charge in [0.2, 0.25) is 5.95 Å². The Morgan fingerprint density at radius 1 is 1.38 bits per heavy atom. The Hall–Kier alpha value is -2.54. The minimum atomic E-state index is -1.06. The van der Waals surface area contributed by atoms with Crippen LogP contribution in [0.5, 0.6) is 0 Å². The first-order valence-corrected chi connectivity index (χ1v) is 8.64. The summed E-state index contributed by atoms with van der Waals surface area (Å²) >= 11 is 0. The minimum absolute atomic E-state index is 0.157. The lowest BCUT2D eigenvalue weighted by Crippen LogP contribution is -2.55. The van der Waals surface area contributed by atoms with Crippen LogP contribution in [0.15, 0.2) is 36.7 Å². The molecule has 0 radical (unpaired) electrons. The largest absolute Gasteiger partial charge is 0.386 e. The molecule has 1 aliphatic heterocycles. The first-order chi connectivity index (χ1) is 12.4. The zero-order valence-electron chi connectivity index (χ0n) is 15.0. The second-order valence-corrected chi connectivity index (χ2v) is 6.92. The SMILES string of the molecule is Cc1ccc(C(=O)N(C)C[C@@]2(O)CCCN(c3ncccn3)C2)cc1F. The highest BCUT2D eigenvalue weighted by molar-refractivity contribution is 5.94. The number of aromatic nitrogens is 2. The van der Waals surface area contributed by atoms with Crippen LogP contribution in [0.3, 0.4) is 0 Å². The third kappa shape index (κ3) is 3.99. The summed E-state index contributed by atoms with van der Waals surface area (Å²) in [7, 11) is 1.62. The minimum Gasteiger partial charge on any atom is -0.386 e. The maximum atomic E-state index is 13.7. The van der Waals surface area contributed by atoms with Gasteiger partial charge in [0.1, 0.15) is 5.82 Å². The number of likely N-dealkylation sites (N-methyl/N-ethyl adjacent to an activating group) is 1. The van der Waals surface area contributed by atoms with E-state index in [-0.39, 0.29) is 18.0 Å². The monoisotopic (exact) mass is 358 g/mol. The standard InChI is InChI=1S/C19H23FN4O2/c1-14-5-6-15(11-16(14)20)17(25)23(2)12-19(26)7-3-10-24(13-19)18-21-8-4-9-22-18/h4-6,8-9,11,26H,3,7,10,12-13H2,1-2H3/t19-/m0/s1. The molecule has 1 amide bonds. The summed E-state index contributed by atoms with van der Waals surface area (Å²) in [4.78, 5) is 24.4. The lowest BCUT2D eigenvalue weighted by atomic mass is 9.92. The number of carbonyl (C=O) groups excluding carboxylic acids is 1. The molecule has 2 heterocycles. The molecule has 7 heteroatoms. The van der Waals surface area contributed by atoms with Crippen molar-refractivity contribution < 1.29 is 14.3 Å². The van der Waals surface area contributed by atoms with E-state index in [0.717, 1.165) is 13.0 Å². The number of aliphatic hydroxyl groups is 1. The zero-order valence-corrected chi connectivity index (χ0v) is 15.0. The number of carbonyl (C=O) groups is 1. The summed E-state index contributed by atoms with van der Waals surface area (Å²) in [6.07, 6.45) is 4.68. The first-order valence-electron chi connectivity index (χ1n) is 8.64. The number of rotatable bonds is 4. The maximum absolute atomic E-state index is 13.7. The van der Waals surface area contributed by atoms with E-state index < -0.39 is 11.4 Å². The molecule has 1 saturated heterocycles. The Kier molecular flexibility index (Phi) is 5.18. The maximum Gasteiger partial charge on any atom is 0.253 e. The molecule has 1 N–H and O–H groups in total. The summed E-state index contributed by atoms with van der Waals surface area (Å²) in [5, 5.41) is 11.0. The summed E-state index contributed by atoms with van der Waals surface area (Å²) < 4.78 is 13.7. The zero-order chi connectivity index (χ0) is 18.7. The molecule has 6 nitrogen and oxygen atoms in total. The van der Waals surface area contributed by atoms with Crippen molar-refractivity contribution in [1.82, 2.24) is 14.9 Å². The van der Waals surface area contributed by atoms with Gasteiger partial charge in [0.15, 0.2) is 0 Å². The van der Waals surface area contributed by atoms with Crippen LogP contribution in [-0.4, -0.2) is 58.2 Å². The fraction of sp³-hybridized carbons (Fsp3) is 0.421. The normalized spacial score (nSPS) is 20.1. The van der Waals surface area contributed by atoms with Crippen LogP contribution < -0.4 is 4.90 Å². The number of hydrogen-bond acceptors (Lipinski definition) is 5. The number of hydrogen-bond donors (Lipinski definition) is 1. The number of halogens is 1. The van der Waals surface area contributed by atoms with Crippen LogP contribution in [0.2, 0.25) is 0 Å². The molecule has 1 fully saturated rings. The molecule has 0 spiro atoms. The van der Waals surface area contributed by atoms with E-state index in [1.165, 1.54) is 11.0 Å². The fourth-order valence-corrected chi connectivity index (χ4v) is 3.33. The lowest BCUT2D eigenvalue weighted by Gasteiger charge is -2.41. The van der Waals surface area contributed by atoms with Crippen molar-refractivity contribution in [2.75, 3.05) is 31.6 Å².